The van der Waals surface area contributed by atoms with Crippen molar-refractivity contribution in [3.05, 3.63) is 41.2 Å². The third-order valence-corrected chi connectivity index (χ3v) is 6.68. The van der Waals surface area contributed by atoms with Crippen LogP contribution in [0.4, 0.5) is 17.6 Å². The predicted molar refractivity (Wildman–Crippen MR) is 125 cm³/mol. The fourth-order valence-electron chi connectivity index (χ4n) is 4.66. The Hall–Kier alpha value is -2.95. The normalized spacial score (nSPS) is 18.7. The van der Waals surface area contributed by atoms with Crippen LogP contribution in [0.25, 0.3) is 11.4 Å². The van der Waals surface area contributed by atoms with Crippen LogP contribution in [-0.4, -0.2) is 69.3 Å². The number of amides is 2. The Bertz CT molecular complexity index is 1170. The van der Waals surface area contributed by atoms with Crippen molar-refractivity contribution >= 4 is 11.8 Å². The lowest BCUT2D eigenvalue weighted by Gasteiger charge is -2.43. The number of nitrogens with one attached hydrogen (secondary N) is 1. The van der Waals surface area contributed by atoms with Crippen LogP contribution in [0.15, 0.2) is 18.2 Å². The Morgan fingerprint density at radius 1 is 1.17 bits per heavy atom. The molecule has 196 valence electrons. The van der Waals surface area contributed by atoms with E-state index in [2.05, 4.69) is 15.2 Å². The number of nitrogens with zero attached hydrogens (tertiary/aromatic N) is 4. The van der Waals surface area contributed by atoms with Gasteiger partial charge in [-0.1, -0.05) is 27.7 Å². The molecule has 0 saturated carbocycles. The number of hydrogen-bond donors (Lipinski definition) is 1. The molecule has 7 nitrogen and oxygen atoms in total. The van der Waals surface area contributed by atoms with Gasteiger partial charge in [0.1, 0.15) is 23.5 Å². The number of fused-ring (bicyclic) bond motifs is 1. The molecule has 2 aliphatic rings. The number of imidazole rings is 1. The fourth-order valence-corrected chi connectivity index (χ4v) is 4.66. The first-order chi connectivity index (χ1) is 16.8. The summed E-state index contributed by atoms with van der Waals surface area (Å²) in [4.78, 5) is 34.2. The predicted octanol–water partition coefficient (Wildman–Crippen LogP) is 3.68. The summed E-state index contributed by atoms with van der Waals surface area (Å²) in [5.41, 5.74) is -0.116. The highest BCUT2D eigenvalue weighted by Gasteiger charge is 2.49. The molecule has 1 atom stereocenters. The van der Waals surface area contributed by atoms with Crippen LogP contribution in [-0.2, 0) is 17.9 Å². The summed E-state index contributed by atoms with van der Waals surface area (Å²) in [6.45, 7) is 8.16. The van der Waals surface area contributed by atoms with Gasteiger partial charge < -0.3 is 14.8 Å². The van der Waals surface area contributed by atoms with Crippen molar-refractivity contribution in [1.29, 1.82) is 0 Å². The van der Waals surface area contributed by atoms with Crippen LogP contribution in [0.3, 0.4) is 0 Å². The highest BCUT2D eigenvalue weighted by molar-refractivity contribution is 5.98. The van der Waals surface area contributed by atoms with Crippen molar-refractivity contribution in [2.75, 3.05) is 26.2 Å². The van der Waals surface area contributed by atoms with Gasteiger partial charge in [-0.15, -0.1) is 0 Å². The number of rotatable bonds is 5. The molecule has 36 heavy (non-hydrogen) atoms. The lowest BCUT2D eigenvalue weighted by Crippen LogP contribution is -2.64. The standard InChI is InChI=1S/C25H31F4N5O2/c1-5-32-9-6-10-34-18(12-32)19(30-21(34)16-8-7-15(26)11-17(16)27)22(35)31-20(24(2,3)4)23(36)33-13-25(28,29)14-33/h7-8,11,20H,5-6,9-10,12-14H2,1-4H3,(H,31,35). The van der Waals surface area contributed by atoms with E-state index in [1.165, 1.54) is 6.07 Å². The Morgan fingerprint density at radius 3 is 2.44 bits per heavy atom. The number of likely N-dealkylation sites (tertiary alicyclic amines) is 1. The molecule has 0 spiro atoms. The molecular weight excluding hydrogens is 478 g/mol. The smallest absolute Gasteiger partial charge is 0.282 e. The molecule has 4 rings (SSSR count). The second-order valence-corrected chi connectivity index (χ2v) is 10.6. The highest BCUT2D eigenvalue weighted by atomic mass is 19.3. The van der Waals surface area contributed by atoms with Crippen LogP contribution >= 0.6 is 0 Å². The maximum atomic E-state index is 14.7. The van der Waals surface area contributed by atoms with Gasteiger partial charge in [0.15, 0.2) is 5.69 Å². The Balaban J connectivity index is 1.72. The van der Waals surface area contributed by atoms with E-state index in [9.17, 15) is 27.2 Å². The lowest BCUT2D eigenvalue weighted by molar-refractivity contribution is -0.169. The van der Waals surface area contributed by atoms with Crippen molar-refractivity contribution < 1.29 is 27.2 Å². The summed E-state index contributed by atoms with van der Waals surface area (Å²) >= 11 is 0. The van der Waals surface area contributed by atoms with Crippen molar-refractivity contribution in [3.63, 3.8) is 0 Å². The largest absolute Gasteiger partial charge is 0.338 e. The summed E-state index contributed by atoms with van der Waals surface area (Å²) in [6, 6.07) is 2.11. The molecular formula is C25H31F4N5O2. The van der Waals surface area contributed by atoms with Crippen LogP contribution in [0.1, 0.15) is 50.3 Å². The Labute approximate surface area is 207 Å². The molecule has 1 aromatic carbocycles. The Kier molecular flexibility index (Phi) is 6.89. The van der Waals surface area contributed by atoms with Crippen molar-refractivity contribution in [2.24, 2.45) is 5.41 Å². The molecule has 1 unspecified atom stereocenters. The maximum Gasteiger partial charge on any atom is 0.282 e. The Morgan fingerprint density at radius 2 is 1.86 bits per heavy atom. The van der Waals surface area contributed by atoms with Gasteiger partial charge in [-0.25, -0.2) is 22.5 Å². The zero-order valence-corrected chi connectivity index (χ0v) is 20.9. The van der Waals surface area contributed by atoms with Crippen molar-refractivity contribution in [1.82, 2.24) is 24.7 Å². The summed E-state index contributed by atoms with van der Waals surface area (Å²) in [5, 5.41) is 2.72. The van der Waals surface area contributed by atoms with Crippen molar-refractivity contribution in [3.8, 4) is 11.4 Å². The molecule has 11 heteroatoms. The second-order valence-electron chi connectivity index (χ2n) is 10.6. The fraction of sp³-hybridized carbons (Fsp3) is 0.560. The summed E-state index contributed by atoms with van der Waals surface area (Å²) in [7, 11) is 0. The number of carbonyl (C=O) groups is 2. The summed E-state index contributed by atoms with van der Waals surface area (Å²) in [5.74, 6) is -5.49. The topological polar surface area (TPSA) is 70.5 Å². The van der Waals surface area contributed by atoms with Gasteiger partial charge in [0.25, 0.3) is 11.8 Å². The van der Waals surface area contributed by atoms with Gasteiger partial charge in [-0.3, -0.25) is 14.5 Å². The number of aromatic nitrogens is 2. The molecule has 0 aliphatic carbocycles. The molecule has 1 N–H and O–H groups in total. The number of hydrogen-bond acceptors (Lipinski definition) is 4. The highest BCUT2D eigenvalue weighted by Crippen LogP contribution is 2.32. The average Bonchev–Trinajstić information content (AvgIpc) is 2.97. The van der Waals surface area contributed by atoms with Crippen LogP contribution < -0.4 is 5.32 Å². The first-order valence-electron chi connectivity index (χ1n) is 12.1. The molecule has 0 bridgehead atoms. The zero-order valence-electron chi connectivity index (χ0n) is 20.9. The number of halogens is 4. The molecule has 2 aromatic rings. The maximum absolute atomic E-state index is 14.7. The molecule has 1 fully saturated rings. The van der Waals surface area contributed by atoms with Gasteiger partial charge in [0.05, 0.1) is 24.3 Å². The van der Waals surface area contributed by atoms with Crippen LogP contribution in [0, 0.1) is 17.0 Å². The van der Waals surface area contributed by atoms with Crippen LogP contribution in [0.5, 0.6) is 0 Å². The first-order valence-corrected chi connectivity index (χ1v) is 12.1. The van der Waals surface area contributed by atoms with E-state index < -0.39 is 53.9 Å². The quantitative estimate of drug-likeness (QED) is 0.625. The zero-order chi connectivity index (χ0) is 26.4. The molecule has 1 aromatic heterocycles. The molecule has 0 radical (unpaired) electrons. The van der Waals surface area contributed by atoms with E-state index in [0.717, 1.165) is 36.5 Å². The van der Waals surface area contributed by atoms with Gasteiger partial charge in [-0.05, 0) is 30.5 Å². The monoisotopic (exact) mass is 509 g/mol. The van der Waals surface area contributed by atoms with E-state index >= 15 is 0 Å². The molecule has 1 saturated heterocycles. The van der Waals surface area contributed by atoms with E-state index in [-0.39, 0.29) is 17.1 Å². The van der Waals surface area contributed by atoms with Gasteiger partial charge in [0, 0.05) is 25.7 Å². The molecule has 2 amide bonds. The van der Waals surface area contributed by atoms with E-state index in [1.807, 2.05) is 6.92 Å². The summed E-state index contributed by atoms with van der Waals surface area (Å²) in [6.07, 6.45) is 0.736. The minimum absolute atomic E-state index is 0.0325. The average molecular weight is 510 g/mol. The molecule has 2 aliphatic heterocycles. The minimum atomic E-state index is -2.93. The first kappa shape index (κ1) is 26.1. The van der Waals surface area contributed by atoms with Gasteiger partial charge in [0.2, 0.25) is 5.91 Å². The van der Waals surface area contributed by atoms with Crippen LogP contribution in [0.2, 0.25) is 0 Å². The molecule has 3 heterocycles. The lowest BCUT2D eigenvalue weighted by atomic mass is 9.85. The number of carbonyl (C=O) groups excluding carboxylic acids is 2. The van der Waals surface area contributed by atoms with E-state index in [1.54, 1.807) is 25.3 Å². The summed E-state index contributed by atoms with van der Waals surface area (Å²) < 4.78 is 56.8. The van der Waals surface area contributed by atoms with E-state index in [0.29, 0.717) is 18.8 Å². The SMILES string of the molecule is CCN1CCCn2c(-c3ccc(F)cc3F)nc(C(=O)NC(C(=O)N3CC(F)(F)C3)C(C)(C)C)c2C1. The van der Waals surface area contributed by atoms with Gasteiger partial charge >= 0.3 is 0 Å². The third-order valence-electron chi connectivity index (χ3n) is 6.68. The van der Waals surface area contributed by atoms with Gasteiger partial charge in [-0.2, -0.15) is 0 Å². The number of alkyl halides is 2. The van der Waals surface area contributed by atoms with E-state index in [4.69, 9.17) is 0 Å². The minimum Gasteiger partial charge on any atom is -0.338 e. The van der Waals surface area contributed by atoms with Crippen molar-refractivity contribution in [2.45, 2.75) is 59.2 Å². The number of benzene rings is 1. The third kappa shape index (κ3) is 5.11. The second kappa shape index (κ2) is 9.49.